The van der Waals surface area contributed by atoms with E-state index in [1.54, 1.807) is 6.92 Å². The van der Waals surface area contributed by atoms with Crippen molar-refractivity contribution in [1.82, 2.24) is 4.98 Å². The highest BCUT2D eigenvalue weighted by Gasteiger charge is 2.15. The molecule has 0 radical (unpaired) electrons. The number of aryl methyl sites for hydroxylation is 2. The number of hydrogen-bond acceptors (Lipinski definition) is 4. The number of nitrogens with zero attached hydrogens (tertiary/aromatic N) is 1. The molecule has 98 valence electrons. The van der Waals surface area contributed by atoms with Crippen molar-refractivity contribution in [3.63, 3.8) is 0 Å². The summed E-state index contributed by atoms with van der Waals surface area (Å²) < 4.78 is 0. The van der Waals surface area contributed by atoms with Crippen molar-refractivity contribution in [3.8, 4) is 0 Å². The number of aromatic nitrogens is 1. The smallest absolute Gasteiger partial charge is 0.275 e. The molecule has 1 heterocycles. The summed E-state index contributed by atoms with van der Waals surface area (Å²) in [5.41, 5.74) is 2.17. The first kappa shape index (κ1) is 13.2. The van der Waals surface area contributed by atoms with Gasteiger partial charge in [0, 0.05) is 10.6 Å². The topological polar surface area (TPSA) is 71.1 Å². The average molecular weight is 275 g/mol. The molecular weight excluding hydrogens is 262 g/mol. The minimum absolute atomic E-state index is 0.281. The molecule has 2 rings (SSSR count). The molecule has 0 bridgehead atoms. The van der Waals surface area contributed by atoms with E-state index in [9.17, 15) is 9.59 Å². The zero-order chi connectivity index (χ0) is 13.8. The number of hydrogen-bond donors (Lipinski definition) is 2. The van der Waals surface area contributed by atoms with Crippen LogP contribution in [0, 0.1) is 13.8 Å². The van der Waals surface area contributed by atoms with Crippen LogP contribution in [-0.2, 0) is 4.79 Å². The molecule has 19 heavy (non-hydrogen) atoms. The number of thiazole rings is 1. The van der Waals surface area contributed by atoms with Gasteiger partial charge in [-0.05, 0) is 26.0 Å². The highest BCUT2D eigenvalue weighted by Crippen LogP contribution is 2.22. The van der Waals surface area contributed by atoms with Gasteiger partial charge in [-0.15, -0.1) is 11.3 Å². The van der Waals surface area contributed by atoms with E-state index in [4.69, 9.17) is 0 Å². The first-order chi connectivity index (χ1) is 9.10. The van der Waals surface area contributed by atoms with Crippen molar-refractivity contribution in [2.75, 3.05) is 10.6 Å². The number of rotatable bonds is 4. The van der Waals surface area contributed by atoms with Gasteiger partial charge >= 0.3 is 0 Å². The lowest BCUT2D eigenvalue weighted by molar-refractivity contribution is -0.105. The highest BCUT2D eigenvalue weighted by atomic mass is 32.1. The van der Waals surface area contributed by atoms with Crippen molar-refractivity contribution < 1.29 is 9.59 Å². The Balaban J connectivity index is 2.15. The van der Waals surface area contributed by atoms with Crippen LogP contribution in [0.4, 0.5) is 10.8 Å². The zero-order valence-electron chi connectivity index (χ0n) is 10.6. The standard InChI is InChI=1S/C13H13N3O2S/c1-8-3-5-10(6-4-8)15-12(18)11-9(2)19-13(16-11)14-7-17/h3-7H,1-2H3,(H,15,18)(H,14,16,17). The molecule has 1 aromatic heterocycles. The number of benzene rings is 1. The second-order valence-corrected chi connectivity index (χ2v) is 5.21. The first-order valence-corrected chi connectivity index (χ1v) is 6.47. The predicted molar refractivity (Wildman–Crippen MR) is 75.7 cm³/mol. The van der Waals surface area contributed by atoms with Gasteiger partial charge in [0.15, 0.2) is 5.13 Å². The Morgan fingerprint density at radius 1 is 1.26 bits per heavy atom. The summed E-state index contributed by atoms with van der Waals surface area (Å²) in [5, 5.41) is 5.63. The molecular formula is C13H13N3O2S. The molecule has 2 amide bonds. The lowest BCUT2D eigenvalue weighted by atomic mass is 10.2. The van der Waals surface area contributed by atoms with Crippen LogP contribution in [0.3, 0.4) is 0 Å². The maximum absolute atomic E-state index is 12.1. The van der Waals surface area contributed by atoms with Crippen LogP contribution in [0.5, 0.6) is 0 Å². The van der Waals surface area contributed by atoms with Crippen LogP contribution >= 0.6 is 11.3 Å². The lowest BCUT2D eigenvalue weighted by Gasteiger charge is -2.04. The molecule has 0 fully saturated rings. The fourth-order valence-electron chi connectivity index (χ4n) is 1.55. The third-order valence-electron chi connectivity index (χ3n) is 2.50. The molecule has 0 saturated carbocycles. The molecule has 0 spiro atoms. The third kappa shape index (κ3) is 3.17. The van der Waals surface area contributed by atoms with E-state index in [1.807, 2.05) is 31.2 Å². The van der Waals surface area contributed by atoms with E-state index >= 15 is 0 Å². The van der Waals surface area contributed by atoms with E-state index in [0.29, 0.717) is 22.9 Å². The van der Waals surface area contributed by atoms with Crippen molar-refractivity contribution in [3.05, 3.63) is 40.4 Å². The fraction of sp³-hybridized carbons (Fsp3) is 0.154. The monoisotopic (exact) mass is 275 g/mol. The molecule has 0 saturated heterocycles. The molecule has 0 aliphatic carbocycles. The molecule has 2 N–H and O–H groups in total. The van der Waals surface area contributed by atoms with E-state index in [0.717, 1.165) is 10.4 Å². The lowest BCUT2D eigenvalue weighted by Crippen LogP contribution is -2.13. The highest BCUT2D eigenvalue weighted by molar-refractivity contribution is 7.16. The third-order valence-corrected chi connectivity index (χ3v) is 3.41. The first-order valence-electron chi connectivity index (χ1n) is 5.66. The number of anilines is 2. The molecule has 0 atom stereocenters. The fourth-order valence-corrected chi connectivity index (χ4v) is 2.32. The minimum atomic E-state index is -0.281. The molecule has 1 aromatic carbocycles. The minimum Gasteiger partial charge on any atom is -0.321 e. The van der Waals surface area contributed by atoms with Gasteiger partial charge in [0.2, 0.25) is 6.41 Å². The Kier molecular flexibility index (Phi) is 3.91. The van der Waals surface area contributed by atoms with Crippen LogP contribution in [0.15, 0.2) is 24.3 Å². The Morgan fingerprint density at radius 3 is 2.58 bits per heavy atom. The average Bonchev–Trinajstić information content (AvgIpc) is 2.74. The van der Waals surface area contributed by atoms with Crippen LogP contribution in [0.2, 0.25) is 0 Å². The van der Waals surface area contributed by atoms with Gasteiger partial charge in [-0.1, -0.05) is 17.7 Å². The van der Waals surface area contributed by atoms with Crippen molar-refractivity contribution >= 4 is 34.5 Å². The molecule has 0 unspecified atom stereocenters. The number of nitrogens with one attached hydrogen (secondary N) is 2. The molecule has 2 aromatic rings. The van der Waals surface area contributed by atoms with Gasteiger partial charge in [-0.2, -0.15) is 0 Å². The van der Waals surface area contributed by atoms with Gasteiger partial charge in [0.1, 0.15) is 5.69 Å². The van der Waals surface area contributed by atoms with Crippen LogP contribution in [0.25, 0.3) is 0 Å². The van der Waals surface area contributed by atoms with Crippen LogP contribution in [0.1, 0.15) is 20.9 Å². The van der Waals surface area contributed by atoms with Gasteiger partial charge < -0.3 is 10.6 Å². The van der Waals surface area contributed by atoms with E-state index in [-0.39, 0.29) is 5.91 Å². The van der Waals surface area contributed by atoms with E-state index in [1.165, 1.54) is 11.3 Å². The Morgan fingerprint density at radius 2 is 1.95 bits per heavy atom. The Bertz CT molecular complexity index is 605. The molecule has 5 nitrogen and oxygen atoms in total. The van der Waals surface area contributed by atoms with Gasteiger partial charge in [-0.3, -0.25) is 9.59 Å². The number of carbonyl (C=O) groups is 2. The normalized spacial score (nSPS) is 10.0. The summed E-state index contributed by atoms with van der Waals surface area (Å²) in [4.78, 5) is 27.2. The largest absolute Gasteiger partial charge is 0.321 e. The Labute approximate surface area is 114 Å². The summed E-state index contributed by atoms with van der Waals surface area (Å²) >= 11 is 1.27. The van der Waals surface area contributed by atoms with Crippen molar-refractivity contribution in [2.45, 2.75) is 13.8 Å². The van der Waals surface area contributed by atoms with Crippen LogP contribution < -0.4 is 10.6 Å². The van der Waals surface area contributed by atoms with Gasteiger partial charge in [-0.25, -0.2) is 4.98 Å². The number of carbonyl (C=O) groups excluding carboxylic acids is 2. The van der Waals surface area contributed by atoms with Gasteiger partial charge in [0.05, 0.1) is 0 Å². The van der Waals surface area contributed by atoms with Crippen LogP contribution in [-0.4, -0.2) is 17.3 Å². The maximum Gasteiger partial charge on any atom is 0.275 e. The molecule has 6 heteroatoms. The second-order valence-electron chi connectivity index (χ2n) is 4.01. The summed E-state index contributed by atoms with van der Waals surface area (Å²) in [6.07, 6.45) is 0.542. The SMILES string of the molecule is Cc1ccc(NC(=O)c2nc(NC=O)sc2C)cc1. The molecule has 0 aliphatic rings. The molecule has 0 aliphatic heterocycles. The van der Waals surface area contributed by atoms with E-state index < -0.39 is 0 Å². The van der Waals surface area contributed by atoms with Crippen molar-refractivity contribution in [2.24, 2.45) is 0 Å². The zero-order valence-corrected chi connectivity index (χ0v) is 11.4. The maximum atomic E-state index is 12.1. The summed E-state index contributed by atoms with van der Waals surface area (Å²) in [7, 11) is 0. The predicted octanol–water partition coefficient (Wildman–Crippen LogP) is 2.58. The van der Waals surface area contributed by atoms with Crippen molar-refractivity contribution in [1.29, 1.82) is 0 Å². The van der Waals surface area contributed by atoms with E-state index in [2.05, 4.69) is 15.6 Å². The second kappa shape index (κ2) is 5.62. The Hall–Kier alpha value is -2.21. The quantitative estimate of drug-likeness (QED) is 0.842. The number of amides is 2. The summed E-state index contributed by atoms with van der Waals surface area (Å²) in [5.74, 6) is -0.281. The summed E-state index contributed by atoms with van der Waals surface area (Å²) in [6.45, 7) is 3.77. The van der Waals surface area contributed by atoms with Gasteiger partial charge in [0.25, 0.3) is 5.91 Å². The summed E-state index contributed by atoms with van der Waals surface area (Å²) in [6, 6.07) is 7.50.